The van der Waals surface area contributed by atoms with E-state index in [9.17, 15) is 0 Å². The Balaban J connectivity index is 2.03. The zero-order valence-corrected chi connectivity index (χ0v) is 19.4. The number of rotatable bonds is 13. The van der Waals surface area contributed by atoms with Crippen LogP contribution >= 0.6 is 21.7 Å². The maximum absolute atomic E-state index is 5.63. The Labute approximate surface area is 171 Å². The maximum atomic E-state index is 5.63. The Morgan fingerprint density at radius 1 is 0.875 bits per heavy atom. The SMILES string of the molecule is CCCCCCCCCCCCCN(C(=S)[S][Mo])C1CCCCC1. The van der Waals surface area contributed by atoms with Crippen LogP contribution in [0.15, 0.2) is 0 Å². The normalized spacial score (nSPS) is 15.5. The van der Waals surface area contributed by atoms with Gasteiger partial charge in [-0.15, -0.1) is 0 Å². The fourth-order valence-electron chi connectivity index (χ4n) is 3.81. The zero-order valence-electron chi connectivity index (χ0n) is 15.8. The third-order valence-corrected chi connectivity index (χ3v) is 8.19. The van der Waals surface area contributed by atoms with Gasteiger partial charge in [0.25, 0.3) is 0 Å². The molecule has 0 bridgehead atoms. The first-order valence-corrected chi connectivity index (χ1v) is 14.0. The van der Waals surface area contributed by atoms with E-state index in [0.717, 1.165) is 10.4 Å². The van der Waals surface area contributed by atoms with Gasteiger partial charge >= 0.3 is 145 Å². The molecule has 1 aliphatic carbocycles. The van der Waals surface area contributed by atoms with Crippen LogP contribution < -0.4 is 0 Å². The number of nitrogens with zero attached hydrogens (tertiary/aromatic N) is 1. The van der Waals surface area contributed by atoms with E-state index in [1.54, 1.807) is 9.47 Å². The molecule has 0 unspecified atom stereocenters. The molecule has 0 aromatic rings. The fourth-order valence-corrected chi connectivity index (χ4v) is 5.09. The first kappa shape index (κ1) is 23.0. The Morgan fingerprint density at radius 3 is 1.88 bits per heavy atom. The van der Waals surface area contributed by atoms with E-state index in [1.165, 1.54) is 109 Å². The topological polar surface area (TPSA) is 3.24 Å². The molecule has 1 aliphatic rings. The Kier molecular flexibility index (Phi) is 15.4. The number of thiocarbonyl (C=S) groups is 1. The van der Waals surface area contributed by atoms with Crippen molar-refractivity contribution in [3.8, 4) is 0 Å². The molecule has 0 radical (unpaired) electrons. The van der Waals surface area contributed by atoms with Crippen LogP contribution in [0.2, 0.25) is 0 Å². The summed E-state index contributed by atoms with van der Waals surface area (Å²) < 4.78 is 1.14. The number of unbranched alkanes of at least 4 members (excludes halogenated alkanes) is 10. The fraction of sp³-hybridized carbons (Fsp3) is 0.950. The first-order chi connectivity index (χ1) is 11.8. The second-order valence-electron chi connectivity index (χ2n) is 7.37. The third kappa shape index (κ3) is 10.8. The van der Waals surface area contributed by atoms with E-state index in [1.807, 2.05) is 0 Å². The van der Waals surface area contributed by atoms with Crippen molar-refractivity contribution in [1.29, 1.82) is 0 Å². The molecule has 0 aromatic carbocycles. The van der Waals surface area contributed by atoms with Crippen molar-refractivity contribution in [2.24, 2.45) is 0 Å². The second kappa shape index (κ2) is 16.1. The van der Waals surface area contributed by atoms with Gasteiger partial charge in [-0.1, -0.05) is 26.2 Å². The first-order valence-electron chi connectivity index (χ1n) is 10.4. The molecule has 0 spiro atoms. The molecular formula is C20H38MoNS2. The van der Waals surface area contributed by atoms with E-state index in [2.05, 4.69) is 30.4 Å². The summed E-state index contributed by atoms with van der Waals surface area (Å²) in [6, 6.07) is 0.739. The molecule has 0 heterocycles. The van der Waals surface area contributed by atoms with Crippen LogP contribution in [0.5, 0.6) is 0 Å². The van der Waals surface area contributed by atoms with Crippen molar-refractivity contribution in [3.63, 3.8) is 0 Å². The predicted octanol–water partition coefficient (Wildman–Crippen LogP) is 7.41. The van der Waals surface area contributed by atoms with Crippen LogP contribution in [-0.4, -0.2) is 21.8 Å². The van der Waals surface area contributed by atoms with E-state index in [-0.39, 0.29) is 0 Å². The molecule has 24 heavy (non-hydrogen) atoms. The summed E-state index contributed by atoms with van der Waals surface area (Å²) in [6.45, 7) is 3.49. The standard InChI is InChI=1S/C20H39NS2.Mo/c1-2-3-4-5-6-7-8-9-10-11-15-18-21(20(22)23)19-16-13-12-14-17-19;/h19H,2-18H2,1H3,(H,22,23);/q;+1/p-1. The summed E-state index contributed by atoms with van der Waals surface area (Å²) >= 11 is 7.69. The molecule has 0 amide bonds. The minimum atomic E-state index is 0.739. The van der Waals surface area contributed by atoms with Crippen LogP contribution in [-0.2, 0) is 18.5 Å². The van der Waals surface area contributed by atoms with Crippen molar-refractivity contribution in [3.05, 3.63) is 0 Å². The summed E-state index contributed by atoms with van der Waals surface area (Å²) in [5.41, 5.74) is 0. The second-order valence-corrected chi connectivity index (χ2v) is 9.80. The molecule has 0 atom stereocenters. The molecule has 0 aliphatic heterocycles. The van der Waals surface area contributed by atoms with Crippen LogP contribution in [0.4, 0.5) is 0 Å². The van der Waals surface area contributed by atoms with Crippen molar-refractivity contribution in [2.75, 3.05) is 6.54 Å². The molecule has 0 N–H and O–H groups in total. The Morgan fingerprint density at radius 2 is 1.38 bits per heavy atom. The summed E-state index contributed by atoms with van der Waals surface area (Å²) in [5.74, 6) is 0. The summed E-state index contributed by atoms with van der Waals surface area (Å²) in [4.78, 5) is 2.56. The van der Waals surface area contributed by atoms with Gasteiger partial charge in [-0.25, -0.2) is 0 Å². The number of hydrogen-bond acceptors (Lipinski definition) is 2. The van der Waals surface area contributed by atoms with E-state index in [4.69, 9.17) is 12.2 Å². The molecule has 0 saturated heterocycles. The Hall–Kier alpha value is 0.928. The molecule has 141 valence electrons. The molecule has 1 nitrogen and oxygen atoms in total. The van der Waals surface area contributed by atoms with Crippen LogP contribution in [0.25, 0.3) is 0 Å². The van der Waals surface area contributed by atoms with Gasteiger partial charge in [0.05, 0.1) is 0 Å². The average molecular weight is 453 g/mol. The van der Waals surface area contributed by atoms with Crippen molar-refractivity contribution in [1.82, 2.24) is 4.90 Å². The number of hydrogen-bond donors (Lipinski definition) is 0. The van der Waals surface area contributed by atoms with E-state index >= 15 is 0 Å². The van der Waals surface area contributed by atoms with E-state index in [0.29, 0.717) is 0 Å². The zero-order chi connectivity index (χ0) is 17.5. The molecule has 1 saturated carbocycles. The van der Waals surface area contributed by atoms with E-state index < -0.39 is 0 Å². The third-order valence-electron chi connectivity index (χ3n) is 5.32. The monoisotopic (exact) mass is 454 g/mol. The van der Waals surface area contributed by atoms with Crippen molar-refractivity contribution >= 4 is 26.0 Å². The summed E-state index contributed by atoms with van der Waals surface area (Å²) in [5, 5.41) is 0. The molecule has 1 rings (SSSR count). The summed E-state index contributed by atoms with van der Waals surface area (Å²) in [6.07, 6.45) is 22.6. The molecule has 0 aromatic heterocycles. The van der Waals surface area contributed by atoms with Gasteiger partial charge in [-0.05, 0) is 0 Å². The summed E-state index contributed by atoms with van der Waals surface area (Å²) in [7, 11) is 1.78. The van der Waals surface area contributed by atoms with Gasteiger partial charge in [0, 0.05) is 0 Å². The van der Waals surface area contributed by atoms with Gasteiger partial charge in [0.15, 0.2) is 0 Å². The molecule has 4 heteroatoms. The van der Waals surface area contributed by atoms with Crippen LogP contribution in [0.1, 0.15) is 110 Å². The average Bonchev–Trinajstić information content (AvgIpc) is 2.63. The van der Waals surface area contributed by atoms with Crippen LogP contribution in [0, 0.1) is 0 Å². The van der Waals surface area contributed by atoms with Gasteiger partial charge in [0.1, 0.15) is 0 Å². The Bertz CT molecular complexity index is 306. The quantitative estimate of drug-likeness (QED) is 0.163. The van der Waals surface area contributed by atoms with Crippen LogP contribution in [0.3, 0.4) is 0 Å². The minimum absolute atomic E-state index is 0.739. The van der Waals surface area contributed by atoms with Gasteiger partial charge < -0.3 is 0 Å². The van der Waals surface area contributed by atoms with Crippen molar-refractivity contribution < 1.29 is 18.5 Å². The van der Waals surface area contributed by atoms with Gasteiger partial charge in [-0.2, -0.15) is 0 Å². The predicted molar refractivity (Wildman–Crippen MR) is 110 cm³/mol. The molecule has 1 fully saturated rings. The van der Waals surface area contributed by atoms with Crippen molar-refractivity contribution in [2.45, 2.75) is 116 Å². The van der Waals surface area contributed by atoms with Gasteiger partial charge in [0.2, 0.25) is 0 Å². The molecular weight excluding hydrogens is 414 g/mol. The van der Waals surface area contributed by atoms with Gasteiger partial charge in [-0.3, -0.25) is 0 Å².